The van der Waals surface area contributed by atoms with Crippen molar-refractivity contribution in [2.24, 2.45) is 5.92 Å². The Morgan fingerprint density at radius 1 is 1.53 bits per heavy atom. The van der Waals surface area contributed by atoms with E-state index in [0.717, 1.165) is 12.3 Å². The maximum atomic E-state index is 13.7. The lowest BCUT2D eigenvalue weighted by molar-refractivity contribution is 0.485. The number of hydrogen-bond acceptors (Lipinski definition) is 1. The Morgan fingerprint density at radius 2 is 2.27 bits per heavy atom. The quantitative estimate of drug-likeness (QED) is 0.830. The summed E-state index contributed by atoms with van der Waals surface area (Å²) in [6, 6.07) is 5.30. The normalized spacial score (nSPS) is 17.8. The van der Waals surface area contributed by atoms with Gasteiger partial charge in [0.1, 0.15) is 5.82 Å². The van der Waals surface area contributed by atoms with Gasteiger partial charge >= 0.3 is 0 Å². The zero-order valence-corrected chi connectivity index (χ0v) is 9.52. The van der Waals surface area contributed by atoms with Crippen molar-refractivity contribution >= 4 is 11.6 Å². The third-order valence-corrected chi connectivity index (χ3v) is 3.26. The van der Waals surface area contributed by atoms with Gasteiger partial charge in [-0.05, 0) is 25.5 Å². The van der Waals surface area contributed by atoms with Crippen LogP contribution in [0.25, 0.3) is 0 Å². The molecule has 0 heterocycles. The fraction of sp³-hybridized carbons (Fsp3) is 0.500. The third kappa shape index (κ3) is 2.50. The van der Waals surface area contributed by atoms with Crippen LogP contribution in [0.1, 0.15) is 30.9 Å². The van der Waals surface area contributed by atoms with E-state index < -0.39 is 0 Å². The first-order valence-electron chi connectivity index (χ1n) is 5.33. The predicted molar refractivity (Wildman–Crippen MR) is 60.6 cm³/mol. The maximum absolute atomic E-state index is 13.7. The largest absolute Gasteiger partial charge is 0.313 e. The summed E-state index contributed by atoms with van der Waals surface area (Å²) in [6.45, 7) is 0. The first-order chi connectivity index (χ1) is 7.22. The molecule has 1 aliphatic carbocycles. The van der Waals surface area contributed by atoms with Crippen LogP contribution in [0.2, 0.25) is 5.02 Å². The Kier molecular flexibility index (Phi) is 3.27. The average molecular weight is 228 g/mol. The number of nitrogens with one attached hydrogen (secondary N) is 1. The highest BCUT2D eigenvalue weighted by Gasteiger charge is 2.27. The van der Waals surface area contributed by atoms with Gasteiger partial charge < -0.3 is 5.32 Å². The minimum Gasteiger partial charge on any atom is -0.313 e. The molecule has 0 aromatic heterocycles. The van der Waals surface area contributed by atoms with Crippen molar-refractivity contribution in [2.45, 2.75) is 25.3 Å². The molecule has 0 aliphatic heterocycles. The van der Waals surface area contributed by atoms with E-state index in [1.54, 1.807) is 12.1 Å². The van der Waals surface area contributed by atoms with E-state index in [1.807, 2.05) is 13.1 Å². The monoisotopic (exact) mass is 227 g/mol. The Hall–Kier alpha value is -0.600. The molecular formula is C12H15ClFN. The molecule has 1 aliphatic rings. The molecule has 0 spiro atoms. The van der Waals surface area contributed by atoms with Gasteiger partial charge in [-0.25, -0.2) is 4.39 Å². The van der Waals surface area contributed by atoms with Gasteiger partial charge in [-0.15, -0.1) is 0 Å². The molecule has 1 nitrogen and oxygen atoms in total. The van der Waals surface area contributed by atoms with E-state index >= 15 is 0 Å². The summed E-state index contributed by atoms with van der Waals surface area (Å²) in [5.74, 6) is 0.486. The predicted octanol–water partition coefficient (Wildman–Crippen LogP) is 3.54. The molecular weight excluding hydrogens is 213 g/mol. The fourth-order valence-corrected chi connectivity index (χ4v) is 2.06. The maximum Gasteiger partial charge on any atom is 0.146 e. The average Bonchev–Trinajstić information content (AvgIpc) is 3.03. The number of benzene rings is 1. The highest BCUT2D eigenvalue weighted by molar-refractivity contribution is 6.30. The van der Waals surface area contributed by atoms with Crippen LogP contribution in [0.5, 0.6) is 0 Å². The molecule has 0 radical (unpaired) electrons. The summed E-state index contributed by atoms with van der Waals surface area (Å²) in [4.78, 5) is 0. The van der Waals surface area contributed by atoms with Crippen LogP contribution >= 0.6 is 11.6 Å². The first kappa shape index (κ1) is 10.9. The smallest absolute Gasteiger partial charge is 0.146 e. The van der Waals surface area contributed by atoms with Gasteiger partial charge in [0.05, 0.1) is 5.02 Å². The summed E-state index contributed by atoms with van der Waals surface area (Å²) in [5.41, 5.74) is 0.692. The van der Waals surface area contributed by atoms with Crippen LogP contribution in [-0.4, -0.2) is 7.05 Å². The molecule has 15 heavy (non-hydrogen) atoms. The second kappa shape index (κ2) is 4.50. The number of rotatable bonds is 4. The van der Waals surface area contributed by atoms with Gasteiger partial charge in [0.15, 0.2) is 0 Å². The molecule has 2 rings (SSSR count). The fourth-order valence-electron chi connectivity index (χ4n) is 1.88. The topological polar surface area (TPSA) is 12.0 Å². The zero-order chi connectivity index (χ0) is 10.8. The summed E-state index contributed by atoms with van der Waals surface area (Å²) in [5, 5.41) is 3.37. The minimum atomic E-state index is -0.279. The lowest BCUT2D eigenvalue weighted by Crippen LogP contribution is -2.18. The summed E-state index contributed by atoms with van der Waals surface area (Å²) in [6.07, 6.45) is 3.56. The van der Waals surface area contributed by atoms with Gasteiger partial charge in [0.2, 0.25) is 0 Å². The van der Waals surface area contributed by atoms with Crippen molar-refractivity contribution in [3.8, 4) is 0 Å². The minimum absolute atomic E-state index is 0.0937. The molecule has 1 atom stereocenters. The van der Waals surface area contributed by atoms with Crippen molar-refractivity contribution < 1.29 is 4.39 Å². The Bertz CT molecular complexity index is 349. The molecule has 1 N–H and O–H groups in total. The number of halogens is 2. The highest BCUT2D eigenvalue weighted by Crippen LogP contribution is 2.38. The van der Waals surface area contributed by atoms with Crippen LogP contribution in [0.3, 0.4) is 0 Å². The molecule has 3 heteroatoms. The van der Waals surface area contributed by atoms with E-state index in [-0.39, 0.29) is 16.9 Å². The SMILES string of the molecule is CNC(CC1CC1)c1cccc(Cl)c1F. The molecule has 1 aromatic rings. The van der Waals surface area contributed by atoms with Crippen LogP contribution in [0, 0.1) is 11.7 Å². The summed E-state index contributed by atoms with van der Waals surface area (Å²) < 4.78 is 13.7. The van der Waals surface area contributed by atoms with E-state index in [2.05, 4.69) is 5.32 Å². The summed E-state index contributed by atoms with van der Waals surface area (Å²) in [7, 11) is 1.87. The molecule has 0 amide bonds. The third-order valence-electron chi connectivity index (χ3n) is 2.97. The standard InChI is InChI=1S/C12H15ClFN/c1-15-11(7-8-5-6-8)9-3-2-4-10(13)12(9)14/h2-4,8,11,15H,5-7H2,1H3. The molecule has 1 aromatic carbocycles. The van der Waals surface area contributed by atoms with E-state index in [4.69, 9.17) is 11.6 Å². The highest BCUT2D eigenvalue weighted by atomic mass is 35.5. The van der Waals surface area contributed by atoms with Crippen LogP contribution in [0.15, 0.2) is 18.2 Å². The lowest BCUT2D eigenvalue weighted by Gasteiger charge is -2.17. The van der Waals surface area contributed by atoms with Crippen molar-refractivity contribution in [3.63, 3.8) is 0 Å². The Balaban J connectivity index is 2.20. The van der Waals surface area contributed by atoms with Gasteiger partial charge in [0, 0.05) is 11.6 Å². The van der Waals surface area contributed by atoms with Crippen molar-refractivity contribution in [1.82, 2.24) is 5.32 Å². The van der Waals surface area contributed by atoms with Gasteiger partial charge in [-0.1, -0.05) is 36.6 Å². The molecule has 1 saturated carbocycles. The first-order valence-corrected chi connectivity index (χ1v) is 5.71. The zero-order valence-electron chi connectivity index (χ0n) is 8.76. The second-order valence-corrected chi connectivity index (χ2v) is 4.57. The van der Waals surface area contributed by atoms with Crippen molar-refractivity contribution in [2.75, 3.05) is 7.05 Å². The van der Waals surface area contributed by atoms with E-state index in [0.29, 0.717) is 5.56 Å². The molecule has 1 fully saturated rings. The van der Waals surface area contributed by atoms with Crippen LogP contribution < -0.4 is 5.32 Å². The van der Waals surface area contributed by atoms with E-state index in [1.165, 1.54) is 12.8 Å². The van der Waals surface area contributed by atoms with Gasteiger partial charge in [-0.3, -0.25) is 0 Å². The van der Waals surface area contributed by atoms with E-state index in [9.17, 15) is 4.39 Å². The van der Waals surface area contributed by atoms with Crippen molar-refractivity contribution in [3.05, 3.63) is 34.6 Å². The second-order valence-electron chi connectivity index (χ2n) is 4.16. The Labute approximate surface area is 94.6 Å². The van der Waals surface area contributed by atoms with Crippen molar-refractivity contribution in [1.29, 1.82) is 0 Å². The number of hydrogen-bond donors (Lipinski definition) is 1. The van der Waals surface area contributed by atoms with Gasteiger partial charge in [0.25, 0.3) is 0 Å². The molecule has 0 saturated heterocycles. The van der Waals surface area contributed by atoms with Crippen LogP contribution in [0.4, 0.5) is 4.39 Å². The molecule has 82 valence electrons. The molecule has 1 unspecified atom stereocenters. The van der Waals surface area contributed by atoms with Gasteiger partial charge in [-0.2, -0.15) is 0 Å². The van der Waals surface area contributed by atoms with Crippen LogP contribution in [-0.2, 0) is 0 Å². The summed E-state index contributed by atoms with van der Waals surface area (Å²) >= 11 is 5.76. The lowest BCUT2D eigenvalue weighted by atomic mass is 10.0. The molecule has 0 bridgehead atoms. The Morgan fingerprint density at radius 3 is 2.87 bits per heavy atom.